The van der Waals surface area contributed by atoms with E-state index in [9.17, 15) is 4.79 Å². The van der Waals surface area contributed by atoms with Gasteiger partial charge in [0.1, 0.15) is 0 Å². The molecule has 4 nitrogen and oxygen atoms in total. The van der Waals surface area contributed by atoms with Crippen LogP contribution in [0, 0.1) is 0 Å². The Hall–Kier alpha value is -0.610. The van der Waals surface area contributed by atoms with Crippen molar-refractivity contribution in [3.05, 3.63) is 0 Å². The molecule has 1 N–H and O–H groups in total. The van der Waals surface area contributed by atoms with Crippen LogP contribution >= 0.6 is 0 Å². The van der Waals surface area contributed by atoms with Gasteiger partial charge in [-0.15, -0.1) is 0 Å². The monoisotopic (exact) mass is 173 g/mol. The molecule has 0 spiro atoms. The van der Waals surface area contributed by atoms with Gasteiger partial charge >= 0.3 is 5.97 Å². The van der Waals surface area contributed by atoms with Gasteiger partial charge in [0.25, 0.3) is 0 Å². The lowest BCUT2D eigenvalue weighted by Gasteiger charge is -2.27. The Morgan fingerprint density at radius 3 is 3.00 bits per heavy atom. The Labute approximate surface area is 72.2 Å². The summed E-state index contributed by atoms with van der Waals surface area (Å²) < 4.78 is 9.93. The second-order valence-corrected chi connectivity index (χ2v) is 3.04. The summed E-state index contributed by atoms with van der Waals surface area (Å²) >= 11 is 0. The minimum atomic E-state index is -0.212. The largest absolute Gasteiger partial charge is 0.469 e. The zero-order valence-corrected chi connectivity index (χ0v) is 7.50. The highest BCUT2D eigenvalue weighted by atomic mass is 16.5. The second-order valence-electron chi connectivity index (χ2n) is 3.04. The molecular weight excluding hydrogens is 158 g/mol. The summed E-state index contributed by atoms with van der Waals surface area (Å²) in [5.74, 6) is -0.212. The van der Waals surface area contributed by atoms with Crippen LogP contribution in [-0.4, -0.2) is 38.4 Å². The van der Waals surface area contributed by atoms with Gasteiger partial charge in [0.2, 0.25) is 0 Å². The van der Waals surface area contributed by atoms with Crippen molar-refractivity contribution in [1.82, 2.24) is 5.32 Å². The van der Waals surface area contributed by atoms with E-state index >= 15 is 0 Å². The molecule has 0 amide bonds. The summed E-state index contributed by atoms with van der Waals surface area (Å²) in [6.07, 6.45) is 0.324. The van der Waals surface area contributed by atoms with Crippen molar-refractivity contribution in [3.63, 3.8) is 0 Å². The van der Waals surface area contributed by atoms with Gasteiger partial charge in [0.15, 0.2) is 0 Å². The molecule has 1 saturated heterocycles. The first-order valence-corrected chi connectivity index (χ1v) is 4.14. The first kappa shape index (κ1) is 9.48. The molecular formula is C8H15NO3. The van der Waals surface area contributed by atoms with Crippen LogP contribution < -0.4 is 5.32 Å². The quantitative estimate of drug-likeness (QED) is 0.594. The third-order valence-corrected chi connectivity index (χ3v) is 1.90. The Morgan fingerprint density at radius 1 is 1.75 bits per heavy atom. The number of hydrogen-bond donors (Lipinski definition) is 1. The summed E-state index contributed by atoms with van der Waals surface area (Å²) in [4.78, 5) is 10.8. The minimum Gasteiger partial charge on any atom is -0.469 e. The van der Waals surface area contributed by atoms with Crippen molar-refractivity contribution in [2.24, 2.45) is 0 Å². The maximum absolute atomic E-state index is 10.8. The van der Waals surface area contributed by atoms with E-state index in [0.29, 0.717) is 19.1 Å². The van der Waals surface area contributed by atoms with Gasteiger partial charge in [0, 0.05) is 12.6 Å². The average Bonchev–Trinajstić information content (AvgIpc) is 2.09. The zero-order chi connectivity index (χ0) is 8.97. The standard InChI is InChI=1S/C8H15NO3/c1-6-5-12-7(4-9-6)3-8(10)11-2/h6-7,9H,3-5H2,1-2H3. The van der Waals surface area contributed by atoms with Crippen molar-refractivity contribution in [2.75, 3.05) is 20.3 Å². The number of ether oxygens (including phenoxy) is 2. The number of morpholine rings is 1. The fourth-order valence-corrected chi connectivity index (χ4v) is 1.13. The fourth-order valence-electron chi connectivity index (χ4n) is 1.13. The molecule has 70 valence electrons. The number of carbonyl (C=O) groups excluding carboxylic acids is 1. The predicted molar refractivity (Wildman–Crippen MR) is 43.8 cm³/mol. The number of nitrogens with one attached hydrogen (secondary N) is 1. The number of esters is 1. The van der Waals surface area contributed by atoms with E-state index in [-0.39, 0.29) is 12.1 Å². The SMILES string of the molecule is COC(=O)CC1CNC(C)CO1. The Morgan fingerprint density at radius 2 is 2.50 bits per heavy atom. The van der Waals surface area contributed by atoms with Gasteiger partial charge < -0.3 is 14.8 Å². The third kappa shape index (κ3) is 2.79. The number of hydrogen-bond acceptors (Lipinski definition) is 4. The molecule has 1 rings (SSSR count). The van der Waals surface area contributed by atoms with Crippen molar-refractivity contribution in [1.29, 1.82) is 0 Å². The maximum Gasteiger partial charge on any atom is 0.308 e. The molecule has 1 aliphatic heterocycles. The molecule has 2 unspecified atom stereocenters. The van der Waals surface area contributed by atoms with Crippen molar-refractivity contribution >= 4 is 5.97 Å². The Kier molecular flexibility index (Phi) is 3.49. The van der Waals surface area contributed by atoms with E-state index < -0.39 is 0 Å². The smallest absolute Gasteiger partial charge is 0.308 e. The Balaban J connectivity index is 2.21. The van der Waals surface area contributed by atoms with Gasteiger partial charge in [0.05, 0.1) is 26.2 Å². The summed E-state index contributed by atoms with van der Waals surface area (Å²) in [7, 11) is 1.39. The molecule has 0 aromatic carbocycles. The van der Waals surface area contributed by atoms with E-state index in [4.69, 9.17) is 4.74 Å². The molecule has 0 aliphatic carbocycles. The number of carbonyl (C=O) groups is 1. The van der Waals surface area contributed by atoms with Gasteiger partial charge in [-0.05, 0) is 6.92 Å². The average molecular weight is 173 g/mol. The molecule has 1 fully saturated rings. The third-order valence-electron chi connectivity index (χ3n) is 1.90. The van der Waals surface area contributed by atoms with Crippen LogP contribution in [0.4, 0.5) is 0 Å². The van der Waals surface area contributed by atoms with Crippen molar-refractivity contribution in [3.8, 4) is 0 Å². The molecule has 0 radical (unpaired) electrons. The first-order chi connectivity index (χ1) is 5.72. The normalized spacial score (nSPS) is 29.8. The van der Waals surface area contributed by atoms with Crippen LogP contribution in [0.2, 0.25) is 0 Å². The molecule has 4 heteroatoms. The highest BCUT2D eigenvalue weighted by Gasteiger charge is 2.20. The predicted octanol–water partition coefficient (Wildman–Crippen LogP) is -0.0736. The van der Waals surface area contributed by atoms with E-state index in [1.165, 1.54) is 7.11 Å². The summed E-state index contributed by atoms with van der Waals surface area (Å²) in [6.45, 7) is 3.45. The van der Waals surface area contributed by atoms with Crippen LogP contribution in [0.3, 0.4) is 0 Å². The summed E-state index contributed by atoms with van der Waals surface area (Å²) in [5, 5.41) is 3.23. The molecule has 12 heavy (non-hydrogen) atoms. The Bertz CT molecular complexity index is 152. The first-order valence-electron chi connectivity index (χ1n) is 4.14. The zero-order valence-electron chi connectivity index (χ0n) is 7.50. The highest BCUT2D eigenvalue weighted by Crippen LogP contribution is 2.05. The molecule has 1 heterocycles. The molecule has 1 aliphatic rings. The fraction of sp³-hybridized carbons (Fsp3) is 0.875. The van der Waals surface area contributed by atoms with Gasteiger partial charge in [-0.2, -0.15) is 0 Å². The molecule has 0 aromatic rings. The van der Waals surface area contributed by atoms with Crippen LogP contribution in [0.5, 0.6) is 0 Å². The maximum atomic E-state index is 10.8. The van der Waals surface area contributed by atoms with Crippen LogP contribution in [0.15, 0.2) is 0 Å². The van der Waals surface area contributed by atoms with E-state index in [0.717, 1.165) is 6.54 Å². The summed E-state index contributed by atoms with van der Waals surface area (Å²) in [5.41, 5.74) is 0. The van der Waals surface area contributed by atoms with Crippen LogP contribution in [0.1, 0.15) is 13.3 Å². The van der Waals surface area contributed by atoms with E-state index in [1.807, 2.05) is 6.92 Å². The lowest BCUT2D eigenvalue weighted by Crippen LogP contribution is -2.45. The van der Waals surface area contributed by atoms with Crippen LogP contribution in [0.25, 0.3) is 0 Å². The van der Waals surface area contributed by atoms with Crippen LogP contribution in [-0.2, 0) is 14.3 Å². The van der Waals surface area contributed by atoms with E-state index in [1.54, 1.807) is 0 Å². The molecule has 2 atom stereocenters. The lowest BCUT2D eigenvalue weighted by atomic mass is 10.2. The molecule has 0 saturated carbocycles. The van der Waals surface area contributed by atoms with E-state index in [2.05, 4.69) is 10.1 Å². The number of rotatable bonds is 2. The topological polar surface area (TPSA) is 47.6 Å². The molecule has 0 bridgehead atoms. The van der Waals surface area contributed by atoms with Gasteiger partial charge in [-0.1, -0.05) is 0 Å². The second kappa shape index (κ2) is 4.42. The highest BCUT2D eigenvalue weighted by molar-refractivity contribution is 5.69. The molecule has 0 aromatic heterocycles. The van der Waals surface area contributed by atoms with Crippen molar-refractivity contribution in [2.45, 2.75) is 25.5 Å². The van der Waals surface area contributed by atoms with Gasteiger partial charge in [-0.25, -0.2) is 0 Å². The number of methoxy groups -OCH3 is 1. The summed E-state index contributed by atoms with van der Waals surface area (Å²) in [6, 6.07) is 0.388. The lowest BCUT2D eigenvalue weighted by molar-refractivity contribution is -0.144. The van der Waals surface area contributed by atoms with Crippen molar-refractivity contribution < 1.29 is 14.3 Å². The minimum absolute atomic E-state index is 0.0198. The van der Waals surface area contributed by atoms with Gasteiger partial charge in [-0.3, -0.25) is 4.79 Å².